The lowest BCUT2D eigenvalue weighted by Crippen LogP contribution is -2.42. The standard InChI is InChI=1S/C15H19BrN2O2S2/c1-18-8-2-3-12(18)14-13(9-21-22-14)20-15(19)17-11-6-4-10(16)5-7-11/h4-7,12-14H,2-3,8-9H2,1H3,(H,17,19)/t12-,13+,14-/m0/s1. The van der Waals surface area contributed by atoms with Gasteiger partial charge in [-0.1, -0.05) is 37.5 Å². The Morgan fingerprint density at radius 3 is 2.86 bits per heavy atom. The Kier molecular flexibility index (Phi) is 5.60. The van der Waals surface area contributed by atoms with Crippen LogP contribution in [0.3, 0.4) is 0 Å². The number of hydrogen-bond acceptors (Lipinski definition) is 5. The van der Waals surface area contributed by atoms with E-state index in [0.29, 0.717) is 11.3 Å². The predicted octanol–water partition coefficient (Wildman–Crippen LogP) is 4.22. The molecular formula is C15H19BrN2O2S2. The van der Waals surface area contributed by atoms with Gasteiger partial charge < -0.3 is 9.64 Å². The fourth-order valence-corrected chi connectivity index (χ4v) is 6.57. The summed E-state index contributed by atoms with van der Waals surface area (Å²) in [5.74, 6) is 0.868. The van der Waals surface area contributed by atoms with Crippen molar-refractivity contribution in [3.05, 3.63) is 28.7 Å². The molecule has 2 aliphatic heterocycles. The number of ether oxygens (including phenoxy) is 1. The van der Waals surface area contributed by atoms with Crippen LogP contribution in [0.15, 0.2) is 28.7 Å². The van der Waals surface area contributed by atoms with Crippen molar-refractivity contribution in [2.75, 3.05) is 24.7 Å². The minimum absolute atomic E-state index is 0.0176. The molecular weight excluding hydrogens is 384 g/mol. The minimum atomic E-state index is -0.360. The van der Waals surface area contributed by atoms with E-state index in [2.05, 4.69) is 33.2 Å². The molecule has 4 nitrogen and oxygen atoms in total. The maximum Gasteiger partial charge on any atom is 0.411 e. The van der Waals surface area contributed by atoms with Crippen molar-refractivity contribution in [1.82, 2.24) is 4.90 Å². The highest BCUT2D eigenvalue weighted by molar-refractivity contribution is 9.10. The van der Waals surface area contributed by atoms with Gasteiger partial charge in [-0.15, -0.1) is 0 Å². The predicted molar refractivity (Wildman–Crippen MR) is 97.5 cm³/mol. The molecule has 0 aromatic heterocycles. The normalized spacial score (nSPS) is 28.7. The first-order valence-corrected chi connectivity index (χ1v) is 10.5. The summed E-state index contributed by atoms with van der Waals surface area (Å²) in [6, 6.07) is 8.02. The van der Waals surface area contributed by atoms with Gasteiger partial charge in [-0.05, 0) is 50.7 Å². The van der Waals surface area contributed by atoms with Gasteiger partial charge in [0, 0.05) is 22.0 Å². The number of nitrogens with zero attached hydrogens (tertiary/aromatic N) is 1. The fourth-order valence-electron chi connectivity index (χ4n) is 2.92. The van der Waals surface area contributed by atoms with E-state index in [1.54, 1.807) is 0 Å². The first-order valence-electron chi connectivity index (χ1n) is 7.35. The minimum Gasteiger partial charge on any atom is -0.444 e. The van der Waals surface area contributed by atoms with Crippen LogP contribution in [0.1, 0.15) is 12.8 Å². The number of amides is 1. The third-order valence-corrected chi connectivity index (χ3v) is 7.54. The lowest BCUT2D eigenvalue weighted by Gasteiger charge is -2.28. The maximum atomic E-state index is 12.1. The van der Waals surface area contributed by atoms with Crippen LogP contribution in [0.4, 0.5) is 10.5 Å². The van der Waals surface area contributed by atoms with Gasteiger partial charge in [0.15, 0.2) is 0 Å². The van der Waals surface area contributed by atoms with E-state index < -0.39 is 0 Å². The molecule has 7 heteroatoms. The van der Waals surface area contributed by atoms with E-state index in [0.717, 1.165) is 22.5 Å². The summed E-state index contributed by atoms with van der Waals surface area (Å²) in [5.41, 5.74) is 0.751. The maximum absolute atomic E-state index is 12.1. The van der Waals surface area contributed by atoms with Gasteiger partial charge in [-0.3, -0.25) is 5.32 Å². The molecule has 2 heterocycles. The van der Waals surface area contributed by atoms with Crippen molar-refractivity contribution < 1.29 is 9.53 Å². The number of benzene rings is 1. The fraction of sp³-hybridized carbons (Fsp3) is 0.533. The average molecular weight is 403 g/mol. The zero-order chi connectivity index (χ0) is 15.5. The highest BCUT2D eigenvalue weighted by atomic mass is 79.9. The van der Waals surface area contributed by atoms with E-state index in [-0.39, 0.29) is 12.2 Å². The van der Waals surface area contributed by atoms with Crippen LogP contribution < -0.4 is 5.32 Å². The van der Waals surface area contributed by atoms with E-state index in [1.165, 1.54) is 12.8 Å². The summed E-state index contributed by atoms with van der Waals surface area (Å²) in [7, 11) is 5.84. The molecule has 1 N–H and O–H groups in total. The number of hydrogen-bond donors (Lipinski definition) is 1. The molecule has 2 saturated heterocycles. The molecule has 0 aliphatic carbocycles. The number of rotatable bonds is 3. The third-order valence-electron chi connectivity index (χ3n) is 4.08. The number of halogens is 1. The Bertz CT molecular complexity index is 529. The van der Waals surface area contributed by atoms with Crippen LogP contribution >= 0.6 is 37.5 Å². The molecule has 0 bridgehead atoms. The van der Waals surface area contributed by atoms with Crippen molar-refractivity contribution >= 4 is 49.3 Å². The van der Waals surface area contributed by atoms with Gasteiger partial charge in [0.25, 0.3) is 0 Å². The zero-order valence-electron chi connectivity index (χ0n) is 12.3. The molecule has 0 unspecified atom stereocenters. The smallest absolute Gasteiger partial charge is 0.411 e. The first-order chi connectivity index (χ1) is 10.6. The average Bonchev–Trinajstić information content (AvgIpc) is 3.10. The molecule has 1 aromatic rings. The van der Waals surface area contributed by atoms with Crippen LogP contribution in [0, 0.1) is 0 Å². The lowest BCUT2D eigenvalue weighted by molar-refractivity contribution is 0.108. The monoisotopic (exact) mass is 402 g/mol. The number of anilines is 1. The van der Waals surface area contributed by atoms with Crippen molar-refractivity contribution in [3.63, 3.8) is 0 Å². The van der Waals surface area contributed by atoms with E-state index in [9.17, 15) is 4.79 Å². The first kappa shape index (κ1) is 16.5. The SMILES string of the molecule is CN1CCC[C@H]1[C@@H]1SSC[C@H]1OC(=O)Nc1ccc(Br)cc1. The van der Waals surface area contributed by atoms with Crippen LogP contribution in [0.5, 0.6) is 0 Å². The van der Waals surface area contributed by atoms with E-state index in [4.69, 9.17) is 4.74 Å². The third kappa shape index (κ3) is 3.93. The number of nitrogens with one attached hydrogen (secondary N) is 1. The van der Waals surface area contributed by atoms with Crippen LogP contribution in [-0.4, -0.2) is 47.7 Å². The summed E-state index contributed by atoms with van der Waals surface area (Å²) >= 11 is 3.38. The molecule has 2 fully saturated rings. The molecule has 0 saturated carbocycles. The van der Waals surface area contributed by atoms with Gasteiger partial charge in [-0.2, -0.15) is 0 Å². The number of carbonyl (C=O) groups excluding carboxylic acids is 1. The Labute approximate surface area is 147 Å². The van der Waals surface area contributed by atoms with Crippen LogP contribution in [0.25, 0.3) is 0 Å². The Hall–Kier alpha value is -0.370. The second-order valence-electron chi connectivity index (χ2n) is 5.61. The number of likely N-dealkylation sites (tertiary alicyclic amines) is 1. The molecule has 0 radical (unpaired) electrons. The largest absolute Gasteiger partial charge is 0.444 e. The quantitative estimate of drug-likeness (QED) is 0.766. The van der Waals surface area contributed by atoms with Gasteiger partial charge in [0.1, 0.15) is 6.10 Å². The zero-order valence-corrected chi connectivity index (χ0v) is 15.5. The van der Waals surface area contributed by atoms with Gasteiger partial charge in [-0.25, -0.2) is 4.79 Å². The van der Waals surface area contributed by atoms with Crippen molar-refractivity contribution in [2.45, 2.75) is 30.2 Å². The summed E-state index contributed by atoms with van der Waals surface area (Å²) < 4.78 is 6.67. The van der Waals surface area contributed by atoms with E-state index >= 15 is 0 Å². The second-order valence-corrected chi connectivity index (χ2v) is 9.12. The molecule has 2 aliphatic rings. The molecule has 3 atom stereocenters. The van der Waals surface area contributed by atoms with Crippen LogP contribution in [0.2, 0.25) is 0 Å². The highest BCUT2D eigenvalue weighted by Crippen LogP contribution is 2.44. The summed E-state index contributed by atoms with van der Waals surface area (Å²) in [5, 5.41) is 3.17. The Balaban J connectivity index is 1.57. The molecule has 3 rings (SSSR count). The number of carbonyl (C=O) groups is 1. The summed E-state index contributed by atoms with van der Waals surface area (Å²) in [4.78, 5) is 14.5. The molecule has 120 valence electrons. The Morgan fingerprint density at radius 1 is 1.41 bits per heavy atom. The molecule has 22 heavy (non-hydrogen) atoms. The highest BCUT2D eigenvalue weighted by Gasteiger charge is 2.41. The van der Waals surface area contributed by atoms with E-state index in [1.807, 2.05) is 45.9 Å². The van der Waals surface area contributed by atoms with Crippen LogP contribution in [-0.2, 0) is 4.74 Å². The molecule has 0 spiro atoms. The van der Waals surface area contributed by atoms with Gasteiger partial charge in [0.05, 0.1) is 5.25 Å². The van der Waals surface area contributed by atoms with Gasteiger partial charge >= 0.3 is 6.09 Å². The summed E-state index contributed by atoms with van der Waals surface area (Å²) in [6.45, 7) is 1.14. The lowest BCUT2D eigenvalue weighted by atomic mass is 10.1. The molecule has 1 amide bonds. The second kappa shape index (κ2) is 7.47. The topological polar surface area (TPSA) is 41.6 Å². The van der Waals surface area contributed by atoms with Crippen molar-refractivity contribution in [1.29, 1.82) is 0 Å². The van der Waals surface area contributed by atoms with Gasteiger partial charge in [0.2, 0.25) is 0 Å². The Morgan fingerprint density at radius 2 is 2.18 bits per heavy atom. The summed E-state index contributed by atoms with van der Waals surface area (Å²) in [6.07, 6.45) is 2.06. The van der Waals surface area contributed by atoms with Crippen molar-refractivity contribution in [2.24, 2.45) is 0 Å². The molecule has 1 aromatic carbocycles. The van der Waals surface area contributed by atoms with Crippen molar-refractivity contribution in [3.8, 4) is 0 Å².